The fourth-order valence-electron chi connectivity index (χ4n) is 4.73. The zero-order valence-corrected chi connectivity index (χ0v) is 21.2. The second-order valence-electron chi connectivity index (χ2n) is 8.67. The molecule has 0 radical (unpaired) electrons. The van der Waals surface area contributed by atoms with Gasteiger partial charge in [0, 0.05) is 43.1 Å². The van der Waals surface area contributed by atoms with E-state index in [2.05, 4.69) is 4.90 Å². The van der Waals surface area contributed by atoms with Crippen molar-refractivity contribution in [3.63, 3.8) is 0 Å². The minimum absolute atomic E-state index is 0.0815. The second-order valence-corrected chi connectivity index (χ2v) is 11.1. The topological polar surface area (TPSA) is 90.4 Å². The standard InChI is InChI=1S/C26H26ClN3O5S/c1-35-22-9-5-8-21(25(22)31)24-23(27)26(32)30(24)19-10-12-20(13-11-19)36(33,34)29-16-14-28(15-17-29)18-6-3-2-4-7-18/h2-13,23-24,31H,14-17H2,1H3. The summed E-state index contributed by atoms with van der Waals surface area (Å²) in [6, 6.07) is 20.5. The molecule has 10 heteroatoms. The molecule has 2 fully saturated rings. The number of para-hydroxylation sites is 2. The average molecular weight is 528 g/mol. The molecule has 3 aromatic carbocycles. The fraction of sp³-hybridized carbons (Fsp3) is 0.269. The van der Waals surface area contributed by atoms with Crippen molar-refractivity contribution < 1.29 is 23.1 Å². The minimum Gasteiger partial charge on any atom is -0.504 e. The van der Waals surface area contributed by atoms with Crippen molar-refractivity contribution in [2.24, 2.45) is 0 Å². The molecular formula is C26H26ClN3O5S. The van der Waals surface area contributed by atoms with Crippen molar-refractivity contribution in [2.75, 3.05) is 43.1 Å². The summed E-state index contributed by atoms with van der Waals surface area (Å²) in [6.45, 7) is 1.97. The van der Waals surface area contributed by atoms with Crippen molar-refractivity contribution in [1.29, 1.82) is 0 Å². The van der Waals surface area contributed by atoms with Gasteiger partial charge in [-0.3, -0.25) is 4.79 Å². The number of halogens is 1. The van der Waals surface area contributed by atoms with E-state index in [1.807, 2.05) is 30.3 Å². The second kappa shape index (κ2) is 9.65. The van der Waals surface area contributed by atoms with Crippen LogP contribution in [0.25, 0.3) is 0 Å². The predicted octanol–water partition coefficient (Wildman–Crippen LogP) is 3.61. The lowest BCUT2D eigenvalue weighted by atomic mass is 9.91. The Labute approximate surface area is 215 Å². The van der Waals surface area contributed by atoms with Gasteiger partial charge in [-0.15, -0.1) is 11.6 Å². The maximum absolute atomic E-state index is 13.3. The van der Waals surface area contributed by atoms with Crippen molar-refractivity contribution >= 4 is 38.9 Å². The largest absolute Gasteiger partial charge is 0.504 e. The number of piperazine rings is 1. The highest BCUT2D eigenvalue weighted by atomic mass is 35.5. The Morgan fingerprint density at radius 2 is 1.56 bits per heavy atom. The van der Waals surface area contributed by atoms with Gasteiger partial charge in [0.1, 0.15) is 5.38 Å². The first-order valence-corrected chi connectivity index (χ1v) is 13.4. The summed E-state index contributed by atoms with van der Waals surface area (Å²) < 4.78 is 33.2. The third-order valence-electron chi connectivity index (χ3n) is 6.71. The molecule has 2 saturated heterocycles. The van der Waals surface area contributed by atoms with E-state index in [9.17, 15) is 18.3 Å². The van der Waals surface area contributed by atoms with Gasteiger partial charge in [0.05, 0.1) is 18.0 Å². The first-order chi connectivity index (χ1) is 17.3. The van der Waals surface area contributed by atoms with E-state index in [0.29, 0.717) is 37.4 Å². The Morgan fingerprint density at radius 1 is 0.889 bits per heavy atom. The summed E-state index contributed by atoms with van der Waals surface area (Å²) in [5.41, 5.74) is 2.03. The number of alkyl halides is 1. The van der Waals surface area contributed by atoms with Gasteiger partial charge in [-0.05, 0) is 42.5 Å². The van der Waals surface area contributed by atoms with Crippen molar-refractivity contribution in [3.8, 4) is 11.5 Å². The molecule has 2 unspecified atom stereocenters. The van der Waals surface area contributed by atoms with Gasteiger partial charge in [-0.1, -0.05) is 30.3 Å². The highest BCUT2D eigenvalue weighted by Gasteiger charge is 2.49. The molecule has 0 spiro atoms. The van der Waals surface area contributed by atoms with Gasteiger partial charge >= 0.3 is 0 Å². The van der Waals surface area contributed by atoms with Gasteiger partial charge in [0.25, 0.3) is 0 Å². The number of methoxy groups -OCH3 is 1. The molecule has 2 aliphatic rings. The Hall–Kier alpha value is -3.27. The maximum Gasteiger partial charge on any atom is 0.248 e. The number of sulfonamides is 1. The number of hydrogen-bond acceptors (Lipinski definition) is 6. The normalized spacial score (nSPS) is 20.8. The summed E-state index contributed by atoms with van der Waals surface area (Å²) in [7, 11) is -2.24. The van der Waals surface area contributed by atoms with Crippen LogP contribution in [0.2, 0.25) is 0 Å². The number of β-lactam (4-membered cyclic amide) rings is 1. The average Bonchev–Trinajstić information content (AvgIpc) is 2.92. The molecule has 2 aliphatic heterocycles. The summed E-state index contributed by atoms with van der Waals surface area (Å²) in [4.78, 5) is 16.4. The summed E-state index contributed by atoms with van der Waals surface area (Å²) in [5, 5.41) is 9.72. The van der Waals surface area contributed by atoms with Crippen LogP contribution < -0.4 is 14.5 Å². The highest BCUT2D eigenvalue weighted by molar-refractivity contribution is 7.89. The number of benzene rings is 3. The van der Waals surface area contributed by atoms with E-state index >= 15 is 0 Å². The van der Waals surface area contributed by atoms with Crippen LogP contribution in [0, 0.1) is 0 Å². The number of phenols is 1. The van der Waals surface area contributed by atoms with Crippen LogP contribution >= 0.6 is 11.6 Å². The maximum atomic E-state index is 13.3. The number of rotatable bonds is 6. The molecule has 188 valence electrons. The van der Waals surface area contributed by atoms with Crippen LogP contribution in [0.5, 0.6) is 11.5 Å². The third kappa shape index (κ3) is 4.17. The predicted molar refractivity (Wildman–Crippen MR) is 138 cm³/mol. The minimum atomic E-state index is -3.68. The third-order valence-corrected chi connectivity index (χ3v) is 9.05. The summed E-state index contributed by atoms with van der Waals surface area (Å²) in [6.07, 6.45) is 0. The van der Waals surface area contributed by atoms with E-state index in [1.54, 1.807) is 30.3 Å². The molecule has 2 atom stereocenters. The number of phenolic OH excluding ortho intramolecular Hbond substituents is 1. The van der Waals surface area contributed by atoms with E-state index < -0.39 is 21.4 Å². The summed E-state index contributed by atoms with van der Waals surface area (Å²) in [5.74, 6) is -0.122. The molecule has 0 bridgehead atoms. The monoisotopic (exact) mass is 527 g/mol. The Balaban J connectivity index is 1.33. The lowest BCUT2D eigenvalue weighted by Gasteiger charge is -2.44. The Bertz CT molecular complexity index is 1360. The molecule has 2 heterocycles. The fourth-order valence-corrected chi connectivity index (χ4v) is 6.51. The molecule has 0 saturated carbocycles. The lowest BCUT2D eigenvalue weighted by molar-refractivity contribution is -0.123. The molecule has 0 aromatic heterocycles. The molecule has 1 amide bonds. The van der Waals surface area contributed by atoms with Gasteiger partial charge in [-0.25, -0.2) is 8.42 Å². The first-order valence-electron chi connectivity index (χ1n) is 11.6. The van der Waals surface area contributed by atoms with Gasteiger partial charge in [-0.2, -0.15) is 4.31 Å². The number of carbonyl (C=O) groups excluding carboxylic acids is 1. The molecular weight excluding hydrogens is 502 g/mol. The smallest absolute Gasteiger partial charge is 0.248 e. The highest BCUT2D eigenvalue weighted by Crippen LogP contribution is 2.47. The van der Waals surface area contributed by atoms with Crippen molar-refractivity contribution in [1.82, 2.24) is 4.31 Å². The van der Waals surface area contributed by atoms with Crippen LogP contribution in [0.4, 0.5) is 11.4 Å². The Morgan fingerprint density at radius 3 is 2.19 bits per heavy atom. The lowest BCUT2D eigenvalue weighted by Crippen LogP contribution is -2.56. The molecule has 8 nitrogen and oxygen atoms in total. The quantitative estimate of drug-likeness (QED) is 0.389. The molecule has 36 heavy (non-hydrogen) atoms. The number of carbonyl (C=O) groups is 1. The van der Waals surface area contributed by atoms with Crippen LogP contribution in [0.3, 0.4) is 0 Å². The van der Waals surface area contributed by atoms with E-state index in [0.717, 1.165) is 5.69 Å². The molecule has 3 aromatic rings. The zero-order chi connectivity index (χ0) is 25.4. The van der Waals surface area contributed by atoms with Gasteiger partial charge < -0.3 is 19.6 Å². The van der Waals surface area contributed by atoms with Crippen LogP contribution in [-0.4, -0.2) is 62.4 Å². The van der Waals surface area contributed by atoms with Crippen molar-refractivity contribution in [3.05, 3.63) is 78.4 Å². The number of aromatic hydroxyl groups is 1. The SMILES string of the molecule is COc1cccc(C2C(Cl)C(=O)N2c2ccc(S(=O)(=O)N3CCN(c4ccccc4)CC3)cc2)c1O. The van der Waals surface area contributed by atoms with Crippen LogP contribution in [0.1, 0.15) is 11.6 Å². The Kier molecular flexibility index (Phi) is 6.55. The van der Waals surface area contributed by atoms with Gasteiger partial charge in [0.15, 0.2) is 11.5 Å². The van der Waals surface area contributed by atoms with Crippen LogP contribution in [0.15, 0.2) is 77.7 Å². The number of nitrogens with zero attached hydrogens (tertiary/aromatic N) is 3. The number of anilines is 2. The summed E-state index contributed by atoms with van der Waals surface area (Å²) >= 11 is 6.32. The van der Waals surface area contributed by atoms with Crippen molar-refractivity contribution in [2.45, 2.75) is 16.3 Å². The van der Waals surface area contributed by atoms with E-state index in [4.69, 9.17) is 16.3 Å². The first kappa shape index (κ1) is 24.4. The number of hydrogen-bond donors (Lipinski definition) is 1. The van der Waals surface area contributed by atoms with Gasteiger partial charge in [0.2, 0.25) is 15.9 Å². The molecule has 0 aliphatic carbocycles. The van der Waals surface area contributed by atoms with E-state index in [1.165, 1.54) is 28.4 Å². The van der Waals surface area contributed by atoms with Crippen LogP contribution in [-0.2, 0) is 14.8 Å². The number of ether oxygens (including phenoxy) is 1. The molecule has 1 N–H and O–H groups in total. The molecule has 5 rings (SSSR count). The zero-order valence-electron chi connectivity index (χ0n) is 19.6. The van der Waals surface area contributed by atoms with E-state index in [-0.39, 0.29) is 22.3 Å². The number of amides is 1.